The Balaban J connectivity index is 2.49. The molecule has 19 heavy (non-hydrogen) atoms. The van der Waals surface area contributed by atoms with Gasteiger partial charge in [-0.3, -0.25) is 0 Å². The largest absolute Gasteiger partial charge is 0.361 e. The molecule has 0 bridgehead atoms. The molecule has 1 aromatic heterocycles. The molecule has 1 aromatic carbocycles. The van der Waals surface area contributed by atoms with Crippen molar-refractivity contribution in [1.29, 1.82) is 0 Å². The van der Waals surface area contributed by atoms with Crippen LogP contribution < -0.4 is 5.73 Å². The SMILES string of the molecule is CCC(N)Cc1c[nH]c2ccc(S(=O)(=O)CC)cc12. The van der Waals surface area contributed by atoms with Gasteiger partial charge in [0, 0.05) is 23.1 Å². The molecule has 0 saturated carbocycles. The Morgan fingerprint density at radius 3 is 2.68 bits per heavy atom. The number of benzene rings is 1. The Morgan fingerprint density at radius 1 is 1.32 bits per heavy atom. The maximum Gasteiger partial charge on any atom is 0.178 e. The Bertz CT molecular complexity index is 674. The average molecular weight is 280 g/mol. The van der Waals surface area contributed by atoms with Crippen molar-refractivity contribution in [1.82, 2.24) is 4.98 Å². The second-order valence-corrected chi connectivity index (χ2v) is 7.08. The Labute approximate surface area is 113 Å². The van der Waals surface area contributed by atoms with Gasteiger partial charge in [-0.05, 0) is 36.6 Å². The number of H-pyrrole nitrogens is 1. The van der Waals surface area contributed by atoms with Gasteiger partial charge in [-0.2, -0.15) is 0 Å². The molecule has 0 amide bonds. The van der Waals surface area contributed by atoms with E-state index in [0.717, 1.165) is 29.3 Å². The molecule has 0 spiro atoms. The van der Waals surface area contributed by atoms with E-state index < -0.39 is 9.84 Å². The van der Waals surface area contributed by atoms with Crippen molar-refractivity contribution in [3.8, 4) is 0 Å². The van der Waals surface area contributed by atoms with Crippen LogP contribution in [-0.2, 0) is 16.3 Å². The molecule has 4 nitrogen and oxygen atoms in total. The number of rotatable bonds is 5. The summed E-state index contributed by atoms with van der Waals surface area (Å²) in [7, 11) is -3.16. The molecule has 0 aliphatic carbocycles. The van der Waals surface area contributed by atoms with Gasteiger partial charge >= 0.3 is 0 Å². The molecule has 0 fully saturated rings. The molecule has 2 aromatic rings. The van der Waals surface area contributed by atoms with Crippen LogP contribution in [0, 0.1) is 0 Å². The Hall–Kier alpha value is -1.33. The number of hydrogen-bond acceptors (Lipinski definition) is 3. The smallest absolute Gasteiger partial charge is 0.178 e. The van der Waals surface area contributed by atoms with Crippen LogP contribution in [0.25, 0.3) is 10.9 Å². The lowest BCUT2D eigenvalue weighted by Crippen LogP contribution is -2.21. The van der Waals surface area contributed by atoms with E-state index in [2.05, 4.69) is 4.98 Å². The van der Waals surface area contributed by atoms with Crippen LogP contribution in [0.3, 0.4) is 0 Å². The van der Waals surface area contributed by atoms with Crippen LogP contribution in [0.4, 0.5) is 0 Å². The van der Waals surface area contributed by atoms with E-state index in [9.17, 15) is 8.42 Å². The molecule has 0 radical (unpaired) electrons. The highest BCUT2D eigenvalue weighted by atomic mass is 32.2. The van der Waals surface area contributed by atoms with E-state index in [0.29, 0.717) is 4.90 Å². The van der Waals surface area contributed by atoms with Gasteiger partial charge in [-0.25, -0.2) is 8.42 Å². The van der Waals surface area contributed by atoms with Gasteiger partial charge in [0.15, 0.2) is 9.84 Å². The zero-order chi connectivity index (χ0) is 14.0. The first-order chi connectivity index (χ1) is 8.97. The molecule has 5 heteroatoms. The Morgan fingerprint density at radius 2 is 2.05 bits per heavy atom. The van der Waals surface area contributed by atoms with E-state index in [1.54, 1.807) is 19.1 Å². The predicted octanol–water partition coefficient (Wildman–Crippen LogP) is 2.24. The van der Waals surface area contributed by atoms with Crippen LogP contribution in [0.2, 0.25) is 0 Å². The maximum atomic E-state index is 11.9. The summed E-state index contributed by atoms with van der Waals surface area (Å²) in [6, 6.07) is 5.33. The minimum atomic E-state index is -3.16. The minimum Gasteiger partial charge on any atom is -0.361 e. The van der Waals surface area contributed by atoms with Gasteiger partial charge < -0.3 is 10.7 Å². The molecule has 2 rings (SSSR count). The second kappa shape index (κ2) is 5.35. The Kier molecular flexibility index (Phi) is 3.96. The third kappa shape index (κ3) is 2.82. The zero-order valence-corrected chi connectivity index (χ0v) is 12.1. The first-order valence-corrected chi connectivity index (χ1v) is 8.21. The average Bonchev–Trinajstić information content (AvgIpc) is 2.81. The molecular formula is C14H20N2O2S. The molecule has 0 saturated heterocycles. The standard InChI is InChI=1S/C14H20N2O2S/c1-3-11(15)7-10-9-16-14-6-5-12(8-13(10)14)19(17,18)4-2/h5-6,8-9,11,16H,3-4,7,15H2,1-2H3. The molecule has 0 aliphatic rings. The molecule has 104 valence electrons. The van der Waals surface area contributed by atoms with Crippen molar-refractivity contribution in [2.45, 2.75) is 37.6 Å². The van der Waals surface area contributed by atoms with E-state index in [4.69, 9.17) is 5.73 Å². The van der Waals surface area contributed by atoms with Gasteiger partial charge in [-0.1, -0.05) is 13.8 Å². The summed E-state index contributed by atoms with van der Waals surface area (Å²) in [6.07, 6.45) is 3.58. The van der Waals surface area contributed by atoms with E-state index in [-0.39, 0.29) is 11.8 Å². The van der Waals surface area contributed by atoms with Gasteiger partial charge in [-0.15, -0.1) is 0 Å². The first kappa shape index (κ1) is 14.1. The van der Waals surface area contributed by atoms with Crippen molar-refractivity contribution >= 4 is 20.7 Å². The number of hydrogen-bond donors (Lipinski definition) is 2. The molecule has 0 aliphatic heterocycles. The molecule has 1 heterocycles. The summed E-state index contributed by atoms with van der Waals surface area (Å²) in [5, 5.41) is 0.957. The van der Waals surface area contributed by atoms with Crippen LogP contribution in [0.1, 0.15) is 25.8 Å². The van der Waals surface area contributed by atoms with Crippen LogP contribution >= 0.6 is 0 Å². The van der Waals surface area contributed by atoms with E-state index in [1.165, 1.54) is 0 Å². The molecule has 3 N–H and O–H groups in total. The van der Waals surface area contributed by atoms with Gasteiger partial charge in [0.05, 0.1) is 10.6 Å². The lowest BCUT2D eigenvalue weighted by molar-refractivity contribution is 0.597. The third-order valence-electron chi connectivity index (χ3n) is 3.48. The fourth-order valence-corrected chi connectivity index (χ4v) is 3.02. The van der Waals surface area contributed by atoms with E-state index in [1.807, 2.05) is 19.2 Å². The maximum absolute atomic E-state index is 11.9. The number of aromatic nitrogens is 1. The lowest BCUT2D eigenvalue weighted by atomic mass is 10.0. The number of fused-ring (bicyclic) bond motifs is 1. The first-order valence-electron chi connectivity index (χ1n) is 6.56. The summed E-state index contributed by atoms with van der Waals surface area (Å²) in [5.41, 5.74) is 8.01. The van der Waals surface area contributed by atoms with Gasteiger partial charge in [0.2, 0.25) is 0 Å². The molecule has 1 atom stereocenters. The lowest BCUT2D eigenvalue weighted by Gasteiger charge is -2.08. The fraction of sp³-hybridized carbons (Fsp3) is 0.429. The van der Waals surface area contributed by atoms with Crippen molar-refractivity contribution < 1.29 is 8.42 Å². The summed E-state index contributed by atoms with van der Waals surface area (Å²) in [5.74, 6) is 0.118. The van der Waals surface area contributed by atoms with Gasteiger partial charge in [0.25, 0.3) is 0 Å². The summed E-state index contributed by atoms with van der Waals surface area (Å²) in [6.45, 7) is 3.71. The van der Waals surface area contributed by atoms with Crippen LogP contribution in [0.15, 0.2) is 29.3 Å². The normalized spacial score (nSPS) is 13.8. The van der Waals surface area contributed by atoms with Crippen molar-refractivity contribution in [2.24, 2.45) is 5.73 Å². The second-order valence-electron chi connectivity index (χ2n) is 4.80. The third-order valence-corrected chi connectivity index (χ3v) is 5.22. The van der Waals surface area contributed by atoms with Crippen LogP contribution in [-0.4, -0.2) is 25.2 Å². The highest BCUT2D eigenvalue weighted by Crippen LogP contribution is 2.24. The monoisotopic (exact) mass is 280 g/mol. The summed E-state index contributed by atoms with van der Waals surface area (Å²) in [4.78, 5) is 3.55. The number of aromatic amines is 1. The summed E-state index contributed by atoms with van der Waals surface area (Å²) < 4.78 is 23.8. The predicted molar refractivity (Wildman–Crippen MR) is 78.0 cm³/mol. The van der Waals surface area contributed by atoms with Crippen molar-refractivity contribution in [3.63, 3.8) is 0 Å². The molecule has 1 unspecified atom stereocenters. The van der Waals surface area contributed by atoms with Gasteiger partial charge in [0.1, 0.15) is 0 Å². The molecular weight excluding hydrogens is 260 g/mol. The highest BCUT2D eigenvalue weighted by molar-refractivity contribution is 7.91. The number of sulfone groups is 1. The van der Waals surface area contributed by atoms with Crippen molar-refractivity contribution in [3.05, 3.63) is 30.0 Å². The van der Waals surface area contributed by atoms with E-state index >= 15 is 0 Å². The fourth-order valence-electron chi connectivity index (χ4n) is 2.11. The minimum absolute atomic E-state index is 0.102. The van der Waals surface area contributed by atoms with Crippen LogP contribution in [0.5, 0.6) is 0 Å². The topological polar surface area (TPSA) is 76.0 Å². The highest BCUT2D eigenvalue weighted by Gasteiger charge is 2.14. The van der Waals surface area contributed by atoms with Crippen molar-refractivity contribution in [2.75, 3.05) is 5.75 Å². The number of nitrogens with two attached hydrogens (primary N) is 1. The quantitative estimate of drug-likeness (QED) is 0.882. The number of nitrogens with one attached hydrogen (secondary N) is 1. The zero-order valence-electron chi connectivity index (χ0n) is 11.3. The summed E-state index contributed by atoms with van der Waals surface area (Å²) >= 11 is 0.